The van der Waals surface area contributed by atoms with Gasteiger partial charge in [0.15, 0.2) is 0 Å². The Bertz CT molecular complexity index is 891. The highest BCUT2D eigenvalue weighted by molar-refractivity contribution is 5.88. The summed E-state index contributed by atoms with van der Waals surface area (Å²) in [7, 11) is 0. The van der Waals surface area contributed by atoms with E-state index in [0.29, 0.717) is 12.2 Å². The monoisotopic (exact) mass is 360 g/mol. The van der Waals surface area contributed by atoms with Gasteiger partial charge in [0.25, 0.3) is 0 Å². The number of nitrogens with one attached hydrogen (secondary N) is 2. The molecule has 1 heterocycles. The molecule has 0 aliphatic heterocycles. The van der Waals surface area contributed by atoms with Gasteiger partial charge in [-0.3, -0.25) is 0 Å². The summed E-state index contributed by atoms with van der Waals surface area (Å²) < 4.78 is 39.6. The largest absolute Gasteiger partial charge is 0.416 e. The number of benzene rings is 2. The summed E-state index contributed by atoms with van der Waals surface area (Å²) in [5, 5.41) is 9.27. The first kappa shape index (κ1) is 17.5. The number of nitrogens with zero attached hydrogens (tertiary/aromatic N) is 2. The average molecular weight is 360 g/mol. The Morgan fingerprint density at radius 3 is 2.58 bits per heavy atom. The number of urea groups is 1. The first-order chi connectivity index (χ1) is 12.4. The summed E-state index contributed by atoms with van der Waals surface area (Å²) in [4.78, 5) is 11.9. The average Bonchev–Trinajstić information content (AvgIpc) is 3.09. The SMILES string of the molecule is O=C(NCc1ccccc1)Nc1cnn(-c2cccc(C(F)(F)F)c2)c1. The van der Waals surface area contributed by atoms with Gasteiger partial charge in [0.1, 0.15) is 0 Å². The maximum atomic E-state index is 12.8. The topological polar surface area (TPSA) is 59.0 Å². The third-order valence-corrected chi connectivity index (χ3v) is 3.57. The number of aromatic nitrogens is 2. The van der Waals surface area contributed by atoms with Gasteiger partial charge in [-0.1, -0.05) is 36.4 Å². The molecule has 2 N–H and O–H groups in total. The van der Waals surface area contributed by atoms with E-state index in [2.05, 4.69) is 15.7 Å². The molecule has 0 aliphatic carbocycles. The lowest BCUT2D eigenvalue weighted by Crippen LogP contribution is -2.27. The van der Waals surface area contributed by atoms with Gasteiger partial charge in [-0.05, 0) is 23.8 Å². The van der Waals surface area contributed by atoms with E-state index < -0.39 is 17.8 Å². The van der Waals surface area contributed by atoms with Crippen molar-refractivity contribution in [1.29, 1.82) is 0 Å². The number of hydrogen-bond acceptors (Lipinski definition) is 2. The van der Waals surface area contributed by atoms with E-state index in [9.17, 15) is 18.0 Å². The lowest BCUT2D eigenvalue weighted by molar-refractivity contribution is -0.137. The summed E-state index contributed by atoms with van der Waals surface area (Å²) in [5.41, 5.74) is 0.800. The van der Waals surface area contributed by atoms with Crippen molar-refractivity contribution in [2.45, 2.75) is 12.7 Å². The van der Waals surface area contributed by atoms with Gasteiger partial charge in [0.05, 0.1) is 29.3 Å². The fraction of sp³-hybridized carbons (Fsp3) is 0.111. The maximum absolute atomic E-state index is 12.8. The van der Waals surface area contributed by atoms with Gasteiger partial charge < -0.3 is 10.6 Å². The highest BCUT2D eigenvalue weighted by Crippen LogP contribution is 2.30. The molecule has 2 aromatic carbocycles. The fourth-order valence-electron chi connectivity index (χ4n) is 2.31. The number of carbonyl (C=O) groups is 1. The zero-order valence-corrected chi connectivity index (χ0v) is 13.5. The van der Waals surface area contributed by atoms with Gasteiger partial charge in [-0.25, -0.2) is 9.48 Å². The van der Waals surface area contributed by atoms with Gasteiger partial charge in [-0.15, -0.1) is 0 Å². The molecule has 8 heteroatoms. The molecule has 2 amide bonds. The van der Waals surface area contributed by atoms with Crippen molar-refractivity contribution in [2.75, 3.05) is 5.32 Å². The van der Waals surface area contributed by atoms with E-state index in [4.69, 9.17) is 0 Å². The molecular formula is C18H15F3N4O. The molecule has 0 saturated carbocycles. The van der Waals surface area contributed by atoms with E-state index in [-0.39, 0.29) is 5.69 Å². The second kappa shape index (κ2) is 7.30. The van der Waals surface area contributed by atoms with Crippen molar-refractivity contribution in [1.82, 2.24) is 15.1 Å². The zero-order valence-electron chi connectivity index (χ0n) is 13.5. The normalized spacial score (nSPS) is 11.2. The van der Waals surface area contributed by atoms with Crippen molar-refractivity contribution >= 4 is 11.7 Å². The summed E-state index contributed by atoms with van der Waals surface area (Å²) in [6.07, 6.45) is -1.62. The summed E-state index contributed by atoms with van der Waals surface area (Å²) in [5.74, 6) is 0. The molecule has 0 radical (unpaired) electrons. The molecule has 0 spiro atoms. The van der Waals surface area contributed by atoms with Crippen LogP contribution in [-0.4, -0.2) is 15.8 Å². The van der Waals surface area contributed by atoms with Gasteiger partial charge in [0, 0.05) is 6.54 Å². The molecule has 3 rings (SSSR count). The Kier molecular flexibility index (Phi) is 4.92. The van der Waals surface area contributed by atoms with Crippen molar-refractivity contribution in [3.05, 3.63) is 78.1 Å². The lowest BCUT2D eigenvalue weighted by atomic mass is 10.2. The number of amides is 2. The lowest BCUT2D eigenvalue weighted by Gasteiger charge is -2.08. The number of hydrogen-bond donors (Lipinski definition) is 2. The molecule has 0 atom stereocenters. The molecule has 3 aromatic rings. The number of alkyl halides is 3. The summed E-state index contributed by atoms with van der Waals surface area (Å²) >= 11 is 0. The zero-order chi connectivity index (χ0) is 18.6. The van der Waals surface area contributed by atoms with Crippen LogP contribution in [0, 0.1) is 0 Å². The van der Waals surface area contributed by atoms with Crippen LogP contribution in [0.2, 0.25) is 0 Å². The third-order valence-electron chi connectivity index (χ3n) is 3.57. The Hall–Kier alpha value is -3.29. The molecule has 0 fully saturated rings. The predicted molar refractivity (Wildman–Crippen MR) is 90.9 cm³/mol. The van der Waals surface area contributed by atoms with E-state index in [1.807, 2.05) is 30.3 Å². The van der Waals surface area contributed by atoms with Crippen molar-refractivity contribution < 1.29 is 18.0 Å². The van der Waals surface area contributed by atoms with E-state index in [1.165, 1.54) is 29.2 Å². The van der Waals surface area contributed by atoms with E-state index in [1.54, 1.807) is 0 Å². The number of rotatable bonds is 4. The quantitative estimate of drug-likeness (QED) is 0.732. The molecule has 0 unspecified atom stereocenters. The number of anilines is 1. The number of carbonyl (C=O) groups excluding carboxylic acids is 1. The molecular weight excluding hydrogens is 345 g/mol. The van der Waals surface area contributed by atoms with Crippen LogP contribution in [0.5, 0.6) is 0 Å². The summed E-state index contributed by atoms with van der Waals surface area (Å²) in [6.45, 7) is 0.356. The van der Waals surface area contributed by atoms with Crippen LogP contribution in [0.1, 0.15) is 11.1 Å². The van der Waals surface area contributed by atoms with Crippen LogP contribution in [0.3, 0.4) is 0 Å². The van der Waals surface area contributed by atoms with Crippen LogP contribution in [0.15, 0.2) is 67.0 Å². The predicted octanol–water partition coefficient (Wildman–Crippen LogP) is 4.21. The molecule has 1 aromatic heterocycles. The Morgan fingerprint density at radius 1 is 1.08 bits per heavy atom. The molecule has 134 valence electrons. The molecule has 0 saturated heterocycles. The van der Waals surface area contributed by atoms with Crippen LogP contribution in [0.25, 0.3) is 5.69 Å². The minimum atomic E-state index is -4.43. The van der Waals surface area contributed by atoms with Gasteiger partial charge in [0.2, 0.25) is 0 Å². The minimum Gasteiger partial charge on any atom is -0.334 e. The van der Waals surface area contributed by atoms with Crippen LogP contribution >= 0.6 is 0 Å². The van der Waals surface area contributed by atoms with Crippen LogP contribution < -0.4 is 10.6 Å². The van der Waals surface area contributed by atoms with E-state index in [0.717, 1.165) is 17.7 Å². The molecule has 26 heavy (non-hydrogen) atoms. The Balaban J connectivity index is 1.64. The van der Waals surface area contributed by atoms with Crippen molar-refractivity contribution in [2.24, 2.45) is 0 Å². The fourth-order valence-corrected chi connectivity index (χ4v) is 2.31. The van der Waals surface area contributed by atoms with Crippen molar-refractivity contribution in [3.8, 4) is 5.69 Å². The smallest absolute Gasteiger partial charge is 0.334 e. The first-order valence-electron chi connectivity index (χ1n) is 7.73. The van der Waals surface area contributed by atoms with E-state index >= 15 is 0 Å². The second-order valence-corrected chi connectivity index (χ2v) is 5.51. The first-order valence-corrected chi connectivity index (χ1v) is 7.73. The van der Waals surface area contributed by atoms with Gasteiger partial charge >= 0.3 is 12.2 Å². The number of halogens is 3. The van der Waals surface area contributed by atoms with Crippen LogP contribution in [-0.2, 0) is 12.7 Å². The minimum absolute atomic E-state index is 0.248. The highest BCUT2D eigenvalue weighted by atomic mass is 19.4. The van der Waals surface area contributed by atoms with Crippen LogP contribution in [0.4, 0.5) is 23.7 Å². The summed E-state index contributed by atoms with van der Waals surface area (Å²) in [6, 6.07) is 13.7. The maximum Gasteiger partial charge on any atom is 0.416 e. The highest BCUT2D eigenvalue weighted by Gasteiger charge is 2.30. The Morgan fingerprint density at radius 2 is 1.85 bits per heavy atom. The Labute approximate surface area is 147 Å². The molecule has 0 aliphatic rings. The van der Waals surface area contributed by atoms with Gasteiger partial charge in [-0.2, -0.15) is 18.3 Å². The standard InChI is InChI=1S/C18H15F3N4O/c19-18(20,21)14-7-4-8-16(9-14)25-12-15(11-23-25)24-17(26)22-10-13-5-2-1-3-6-13/h1-9,11-12H,10H2,(H2,22,24,26). The second-order valence-electron chi connectivity index (χ2n) is 5.51. The molecule has 0 bridgehead atoms. The third kappa shape index (κ3) is 4.41. The van der Waals surface area contributed by atoms with Crippen molar-refractivity contribution in [3.63, 3.8) is 0 Å². The molecule has 5 nitrogen and oxygen atoms in total.